The Morgan fingerprint density at radius 3 is 2.91 bits per heavy atom. The summed E-state index contributed by atoms with van der Waals surface area (Å²) in [5, 5.41) is 0.839. The fraction of sp³-hybridized carbons (Fsp3) is 0.111. The molecule has 2 heterocycles. The van der Waals surface area contributed by atoms with E-state index >= 15 is 0 Å². The molecule has 5 heteroatoms. The number of H-pyrrole nitrogens is 1. The van der Waals surface area contributed by atoms with Gasteiger partial charge in [0, 0.05) is 10.9 Å². The Hall–Kier alpha value is -3.08. The standard InChI is InChI=1S/C18H14N2O3/c1-2-22-18(21)16-10-12-9-11(7-8-15(12)23-16)17-19-13-5-3-4-6-14(13)20-17/h3-10H,2H2,1H3,(H,19,20). The molecule has 114 valence electrons. The van der Waals surface area contributed by atoms with E-state index in [0.717, 1.165) is 27.8 Å². The lowest BCUT2D eigenvalue weighted by Gasteiger charge is -1.96. The number of aromatic nitrogens is 2. The van der Waals surface area contributed by atoms with E-state index in [-0.39, 0.29) is 5.76 Å². The first-order valence-corrected chi connectivity index (χ1v) is 7.40. The summed E-state index contributed by atoms with van der Waals surface area (Å²) >= 11 is 0. The number of rotatable bonds is 3. The van der Waals surface area contributed by atoms with E-state index in [9.17, 15) is 4.79 Å². The zero-order chi connectivity index (χ0) is 15.8. The lowest BCUT2D eigenvalue weighted by Crippen LogP contribution is -2.02. The third-order valence-corrected chi connectivity index (χ3v) is 3.66. The normalized spacial score (nSPS) is 11.2. The van der Waals surface area contributed by atoms with Crippen LogP contribution < -0.4 is 0 Å². The van der Waals surface area contributed by atoms with Gasteiger partial charge in [-0.05, 0) is 43.3 Å². The number of aromatic amines is 1. The predicted molar refractivity (Wildman–Crippen MR) is 87.3 cm³/mol. The molecule has 5 nitrogen and oxygen atoms in total. The van der Waals surface area contributed by atoms with Crippen molar-refractivity contribution in [2.75, 3.05) is 6.61 Å². The summed E-state index contributed by atoms with van der Waals surface area (Å²) in [6.45, 7) is 2.08. The first-order chi connectivity index (χ1) is 11.2. The minimum absolute atomic E-state index is 0.212. The second-order valence-electron chi connectivity index (χ2n) is 5.19. The van der Waals surface area contributed by atoms with E-state index in [2.05, 4.69) is 9.97 Å². The summed E-state index contributed by atoms with van der Waals surface area (Å²) in [4.78, 5) is 19.6. The number of nitrogens with zero attached hydrogens (tertiary/aromatic N) is 1. The second kappa shape index (κ2) is 5.28. The predicted octanol–water partition coefficient (Wildman–Crippen LogP) is 4.15. The number of fused-ring (bicyclic) bond motifs is 2. The topological polar surface area (TPSA) is 68.1 Å². The highest BCUT2D eigenvalue weighted by Crippen LogP contribution is 2.27. The summed E-state index contributed by atoms with van der Waals surface area (Å²) in [7, 11) is 0. The molecule has 0 amide bonds. The molecule has 0 atom stereocenters. The van der Waals surface area contributed by atoms with Gasteiger partial charge < -0.3 is 14.1 Å². The molecule has 0 aliphatic carbocycles. The average Bonchev–Trinajstić information content (AvgIpc) is 3.18. The number of esters is 1. The first-order valence-electron chi connectivity index (χ1n) is 7.40. The molecule has 0 radical (unpaired) electrons. The van der Waals surface area contributed by atoms with E-state index in [1.54, 1.807) is 13.0 Å². The molecule has 0 aliphatic rings. The van der Waals surface area contributed by atoms with Gasteiger partial charge in [0.25, 0.3) is 0 Å². The molecular weight excluding hydrogens is 292 g/mol. The maximum absolute atomic E-state index is 11.8. The van der Waals surface area contributed by atoms with Crippen LogP contribution >= 0.6 is 0 Å². The molecule has 0 fully saturated rings. The summed E-state index contributed by atoms with van der Waals surface area (Å²) in [6, 6.07) is 15.3. The minimum Gasteiger partial charge on any atom is -0.460 e. The van der Waals surface area contributed by atoms with Crippen molar-refractivity contribution < 1.29 is 13.9 Å². The zero-order valence-corrected chi connectivity index (χ0v) is 12.5. The van der Waals surface area contributed by atoms with Gasteiger partial charge in [-0.2, -0.15) is 0 Å². The molecule has 0 saturated heterocycles. The van der Waals surface area contributed by atoms with Gasteiger partial charge >= 0.3 is 5.97 Å². The van der Waals surface area contributed by atoms with Gasteiger partial charge in [0.05, 0.1) is 17.6 Å². The third kappa shape index (κ3) is 2.36. The van der Waals surface area contributed by atoms with Gasteiger partial charge in [-0.3, -0.25) is 0 Å². The van der Waals surface area contributed by atoms with Crippen molar-refractivity contribution in [1.29, 1.82) is 0 Å². The van der Waals surface area contributed by atoms with E-state index in [1.807, 2.05) is 42.5 Å². The van der Waals surface area contributed by atoms with Crippen LogP contribution in [0.5, 0.6) is 0 Å². The van der Waals surface area contributed by atoms with Gasteiger partial charge in [0.1, 0.15) is 11.4 Å². The Bertz CT molecular complexity index is 980. The van der Waals surface area contributed by atoms with Crippen LogP contribution in [0.4, 0.5) is 0 Å². The molecule has 2 aromatic heterocycles. The summed E-state index contributed by atoms with van der Waals surface area (Å²) in [5.41, 5.74) is 3.49. The Morgan fingerprint density at radius 2 is 2.09 bits per heavy atom. The van der Waals surface area contributed by atoms with Crippen LogP contribution in [0, 0.1) is 0 Å². The number of benzene rings is 2. The van der Waals surface area contributed by atoms with Gasteiger partial charge in [-0.15, -0.1) is 0 Å². The highest BCUT2D eigenvalue weighted by atomic mass is 16.5. The smallest absolute Gasteiger partial charge is 0.374 e. The largest absolute Gasteiger partial charge is 0.460 e. The van der Waals surface area contributed by atoms with Crippen molar-refractivity contribution in [3.63, 3.8) is 0 Å². The number of carbonyl (C=O) groups is 1. The number of imidazole rings is 1. The Kier molecular flexibility index (Phi) is 3.12. The first kappa shape index (κ1) is 13.6. The van der Waals surface area contributed by atoms with Crippen molar-refractivity contribution in [3.8, 4) is 11.4 Å². The molecule has 2 aromatic carbocycles. The summed E-state index contributed by atoms with van der Waals surface area (Å²) < 4.78 is 10.5. The molecule has 0 aliphatic heterocycles. The van der Waals surface area contributed by atoms with Gasteiger partial charge in [-0.1, -0.05) is 12.1 Å². The number of nitrogens with one attached hydrogen (secondary N) is 1. The maximum Gasteiger partial charge on any atom is 0.374 e. The Balaban J connectivity index is 1.77. The lowest BCUT2D eigenvalue weighted by atomic mass is 10.1. The van der Waals surface area contributed by atoms with Crippen LogP contribution in [0.3, 0.4) is 0 Å². The van der Waals surface area contributed by atoms with Crippen LogP contribution in [-0.4, -0.2) is 22.5 Å². The number of ether oxygens (including phenoxy) is 1. The fourth-order valence-corrected chi connectivity index (χ4v) is 2.58. The van der Waals surface area contributed by atoms with E-state index < -0.39 is 5.97 Å². The highest BCUT2D eigenvalue weighted by molar-refractivity contribution is 5.94. The number of para-hydroxylation sites is 2. The number of hydrogen-bond donors (Lipinski definition) is 1. The van der Waals surface area contributed by atoms with Crippen molar-refractivity contribution in [3.05, 3.63) is 54.3 Å². The maximum atomic E-state index is 11.8. The van der Waals surface area contributed by atoms with Gasteiger partial charge in [0.2, 0.25) is 5.76 Å². The SMILES string of the molecule is CCOC(=O)c1cc2cc(-c3nc4ccccc4[nH]3)ccc2o1. The minimum atomic E-state index is -0.450. The molecule has 0 saturated carbocycles. The van der Waals surface area contributed by atoms with Crippen molar-refractivity contribution >= 4 is 28.0 Å². The van der Waals surface area contributed by atoms with Crippen LogP contribution in [0.1, 0.15) is 17.5 Å². The number of furan rings is 1. The van der Waals surface area contributed by atoms with Gasteiger partial charge in [-0.25, -0.2) is 9.78 Å². The van der Waals surface area contributed by atoms with Crippen molar-refractivity contribution in [1.82, 2.24) is 9.97 Å². The second-order valence-corrected chi connectivity index (χ2v) is 5.19. The molecule has 23 heavy (non-hydrogen) atoms. The summed E-state index contributed by atoms with van der Waals surface area (Å²) in [5.74, 6) is 0.546. The molecule has 0 unspecified atom stereocenters. The molecule has 1 N–H and O–H groups in total. The Labute approximate surface area is 131 Å². The lowest BCUT2D eigenvalue weighted by molar-refractivity contribution is 0.0492. The molecular formula is C18H14N2O3. The monoisotopic (exact) mass is 306 g/mol. The quantitative estimate of drug-likeness (QED) is 0.577. The molecule has 0 spiro atoms. The van der Waals surface area contributed by atoms with Crippen LogP contribution in [0.15, 0.2) is 52.9 Å². The Morgan fingerprint density at radius 1 is 1.22 bits per heavy atom. The zero-order valence-electron chi connectivity index (χ0n) is 12.5. The van der Waals surface area contributed by atoms with Crippen LogP contribution in [0.2, 0.25) is 0 Å². The van der Waals surface area contributed by atoms with E-state index in [1.165, 1.54) is 0 Å². The third-order valence-electron chi connectivity index (χ3n) is 3.66. The van der Waals surface area contributed by atoms with E-state index in [4.69, 9.17) is 9.15 Å². The van der Waals surface area contributed by atoms with Gasteiger partial charge in [0.15, 0.2) is 0 Å². The number of carbonyl (C=O) groups excluding carboxylic acids is 1. The molecule has 0 bridgehead atoms. The molecule has 4 aromatic rings. The van der Waals surface area contributed by atoms with E-state index in [0.29, 0.717) is 12.2 Å². The fourth-order valence-electron chi connectivity index (χ4n) is 2.58. The average molecular weight is 306 g/mol. The summed E-state index contributed by atoms with van der Waals surface area (Å²) in [6.07, 6.45) is 0. The molecule has 4 rings (SSSR count). The van der Waals surface area contributed by atoms with Crippen molar-refractivity contribution in [2.24, 2.45) is 0 Å². The van der Waals surface area contributed by atoms with Crippen molar-refractivity contribution in [2.45, 2.75) is 6.92 Å². The van der Waals surface area contributed by atoms with Crippen LogP contribution in [0.25, 0.3) is 33.4 Å². The number of hydrogen-bond acceptors (Lipinski definition) is 4. The van der Waals surface area contributed by atoms with Crippen LogP contribution in [-0.2, 0) is 4.74 Å². The highest BCUT2D eigenvalue weighted by Gasteiger charge is 2.14.